The van der Waals surface area contributed by atoms with Gasteiger partial charge < -0.3 is 14.9 Å². The van der Waals surface area contributed by atoms with E-state index in [1.807, 2.05) is 30.3 Å². The van der Waals surface area contributed by atoms with Crippen LogP contribution >= 0.6 is 8.81 Å². The fourth-order valence-electron chi connectivity index (χ4n) is 0.886. The highest BCUT2D eigenvalue weighted by molar-refractivity contribution is 7.31. The molecule has 0 aliphatic carbocycles. The molecular formula is C9H12NO3P. The van der Waals surface area contributed by atoms with Gasteiger partial charge in [0, 0.05) is 8.81 Å². The molecule has 0 aliphatic rings. The molecule has 1 aromatic carbocycles. The summed E-state index contributed by atoms with van der Waals surface area (Å²) in [6.45, 7) is 0.251. The second-order valence-electron chi connectivity index (χ2n) is 2.57. The van der Waals surface area contributed by atoms with Crippen molar-refractivity contribution in [2.24, 2.45) is 0 Å². The van der Waals surface area contributed by atoms with Gasteiger partial charge in [-0.15, -0.1) is 0 Å². The predicted octanol–water partition coefficient (Wildman–Crippen LogP) is 1.46. The molecule has 0 fully saturated rings. The Labute approximate surface area is 84.1 Å². The number of amides is 1. The van der Waals surface area contributed by atoms with Gasteiger partial charge in [0.15, 0.2) is 0 Å². The molecule has 0 spiro atoms. The van der Waals surface area contributed by atoms with Crippen molar-refractivity contribution in [2.45, 2.75) is 6.61 Å². The lowest BCUT2D eigenvalue weighted by molar-refractivity contribution is 0.141. The minimum absolute atomic E-state index is 0.244. The zero-order chi connectivity index (χ0) is 10.2. The number of alkyl carbamates (subject to hydrolysis) is 1. The molecule has 76 valence electrons. The number of hydrogen-bond acceptors (Lipinski definition) is 3. The Bertz CT molecular complexity index is 279. The number of ether oxygens (including phenoxy) is 1. The van der Waals surface area contributed by atoms with Crippen molar-refractivity contribution in [2.75, 3.05) is 6.29 Å². The Balaban J connectivity index is 2.24. The number of rotatable bonds is 4. The average molecular weight is 213 g/mol. The third kappa shape index (κ3) is 4.21. The van der Waals surface area contributed by atoms with Crippen molar-refractivity contribution in [3.05, 3.63) is 35.9 Å². The van der Waals surface area contributed by atoms with Crippen LogP contribution in [-0.2, 0) is 11.3 Å². The van der Waals surface area contributed by atoms with Crippen LogP contribution in [0.2, 0.25) is 0 Å². The summed E-state index contributed by atoms with van der Waals surface area (Å²) in [5, 5.41) is 2.40. The molecule has 4 nitrogen and oxygen atoms in total. The van der Waals surface area contributed by atoms with Crippen LogP contribution in [0, 0.1) is 0 Å². The van der Waals surface area contributed by atoms with E-state index in [2.05, 4.69) is 5.32 Å². The van der Waals surface area contributed by atoms with Crippen molar-refractivity contribution >= 4 is 14.9 Å². The molecule has 0 aromatic heterocycles. The Kier molecular flexibility index (Phi) is 4.97. The summed E-state index contributed by atoms with van der Waals surface area (Å²) in [6.07, 6.45) is -0.261. The van der Waals surface area contributed by atoms with E-state index in [1.165, 1.54) is 0 Å². The first-order valence-electron chi connectivity index (χ1n) is 4.14. The van der Waals surface area contributed by atoms with E-state index in [9.17, 15) is 4.79 Å². The van der Waals surface area contributed by atoms with E-state index in [-0.39, 0.29) is 21.7 Å². The van der Waals surface area contributed by atoms with Crippen LogP contribution in [0.4, 0.5) is 4.79 Å². The zero-order valence-electron chi connectivity index (χ0n) is 7.56. The molecule has 2 N–H and O–H groups in total. The van der Waals surface area contributed by atoms with Crippen molar-refractivity contribution in [1.82, 2.24) is 5.32 Å². The minimum atomic E-state index is -0.504. The van der Waals surface area contributed by atoms with Gasteiger partial charge in [0.25, 0.3) is 0 Å². The fourth-order valence-corrected chi connectivity index (χ4v) is 1.11. The third-order valence-electron chi connectivity index (χ3n) is 1.52. The monoisotopic (exact) mass is 213 g/mol. The quantitative estimate of drug-likeness (QED) is 0.744. The van der Waals surface area contributed by atoms with Gasteiger partial charge in [-0.1, -0.05) is 30.3 Å². The summed E-state index contributed by atoms with van der Waals surface area (Å²) < 4.78 is 4.87. The van der Waals surface area contributed by atoms with Crippen LogP contribution in [0.15, 0.2) is 30.3 Å². The van der Waals surface area contributed by atoms with E-state index in [1.54, 1.807) is 0 Å². The summed E-state index contributed by atoms with van der Waals surface area (Å²) in [5.74, 6) is 0. The smallest absolute Gasteiger partial charge is 0.407 e. The summed E-state index contributed by atoms with van der Waals surface area (Å²) >= 11 is 0. The van der Waals surface area contributed by atoms with Gasteiger partial charge in [-0.3, -0.25) is 0 Å². The molecular weight excluding hydrogens is 201 g/mol. The predicted molar refractivity (Wildman–Crippen MR) is 55.2 cm³/mol. The first-order chi connectivity index (χ1) is 6.83. The Morgan fingerprint density at radius 2 is 2.14 bits per heavy atom. The third-order valence-corrected chi connectivity index (χ3v) is 1.86. The highest BCUT2D eigenvalue weighted by atomic mass is 31.1. The first-order valence-corrected chi connectivity index (χ1v) is 5.30. The Morgan fingerprint density at radius 1 is 1.43 bits per heavy atom. The Hall–Kier alpha value is -1.12. The molecule has 14 heavy (non-hydrogen) atoms. The molecule has 1 rings (SSSR count). The molecule has 0 radical (unpaired) electrons. The molecule has 1 amide bonds. The standard InChI is InChI=1S/C9H12NO3P/c11-9(10-7-14-12)13-6-8-4-2-1-3-5-8/h1-5,12,14H,6-7H2,(H,10,11). The fraction of sp³-hybridized carbons (Fsp3) is 0.222. The maximum atomic E-state index is 10.9. The number of nitrogens with one attached hydrogen (secondary N) is 1. The molecule has 1 aromatic rings. The van der Waals surface area contributed by atoms with Gasteiger partial charge in [0.2, 0.25) is 0 Å². The largest absolute Gasteiger partial charge is 0.445 e. The van der Waals surface area contributed by atoms with Crippen LogP contribution < -0.4 is 5.32 Å². The van der Waals surface area contributed by atoms with Crippen molar-refractivity contribution in [3.63, 3.8) is 0 Å². The van der Waals surface area contributed by atoms with Crippen molar-refractivity contribution < 1.29 is 14.4 Å². The lowest BCUT2D eigenvalue weighted by Gasteiger charge is -2.05. The molecule has 5 heteroatoms. The number of benzene rings is 1. The average Bonchev–Trinajstić information content (AvgIpc) is 2.25. The first kappa shape index (κ1) is 11.0. The van der Waals surface area contributed by atoms with E-state index in [0.29, 0.717) is 0 Å². The Morgan fingerprint density at radius 3 is 2.79 bits per heavy atom. The molecule has 0 heterocycles. The highest BCUT2D eigenvalue weighted by Gasteiger charge is 2.00. The van der Waals surface area contributed by atoms with Crippen LogP contribution in [0.5, 0.6) is 0 Å². The molecule has 0 saturated carbocycles. The van der Waals surface area contributed by atoms with Gasteiger partial charge in [0.1, 0.15) is 6.61 Å². The van der Waals surface area contributed by atoms with Gasteiger partial charge in [-0.05, 0) is 5.56 Å². The van der Waals surface area contributed by atoms with Crippen LogP contribution in [-0.4, -0.2) is 17.3 Å². The van der Waals surface area contributed by atoms with Crippen LogP contribution in [0.3, 0.4) is 0 Å². The van der Waals surface area contributed by atoms with Gasteiger partial charge in [-0.25, -0.2) is 4.79 Å². The van der Waals surface area contributed by atoms with Gasteiger partial charge in [-0.2, -0.15) is 0 Å². The summed E-state index contributed by atoms with van der Waals surface area (Å²) in [6, 6.07) is 9.41. The topological polar surface area (TPSA) is 58.6 Å². The van der Waals surface area contributed by atoms with E-state index in [0.717, 1.165) is 5.56 Å². The summed E-state index contributed by atoms with van der Waals surface area (Å²) in [7, 11) is -0.290. The summed E-state index contributed by atoms with van der Waals surface area (Å²) in [5.41, 5.74) is 0.939. The SMILES string of the molecule is O=C(NCPO)OCc1ccccc1. The van der Waals surface area contributed by atoms with Crippen molar-refractivity contribution in [3.8, 4) is 0 Å². The molecule has 1 unspecified atom stereocenters. The van der Waals surface area contributed by atoms with Gasteiger partial charge in [0.05, 0.1) is 6.29 Å². The summed E-state index contributed by atoms with van der Waals surface area (Å²) in [4.78, 5) is 19.4. The lowest BCUT2D eigenvalue weighted by Crippen LogP contribution is -2.22. The van der Waals surface area contributed by atoms with Crippen molar-refractivity contribution in [1.29, 1.82) is 0 Å². The van der Waals surface area contributed by atoms with E-state index < -0.39 is 6.09 Å². The molecule has 1 atom stereocenters. The lowest BCUT2D eigenvalue weighted by atomic mass is 10.2. The second kappa shape index (κ2) is 6.35. The number of carbonyl (C=O) groups is 1. The van der Waals surface area contributed by atoms with E-state index in [4.69, 9.17) is 9.63 Å². The van der Waals surface area contributed by atoms with Crippen LogP contribution in [0.1, 0.15) is 5.56 Å². The number of carbonyl (C=O) groups excluding carboxylic acids is 1. The maximum Gasteiger partial charge on any atom is 0.407 e. The zero-order valence-corrected chi connectivity index (χ0v) is 8.56. The molecule has 0 bridgehead atoms. The molecule has 0 saturated heterocycles. The normalized spacial score (nSPS) is 10.4. The van der Waals surface area contributed by atoms with Crippen LogP contribution in [0.25, 0.3) is 0 Å². The second-order valence-corrected chi connectivity index (χ2v) is 3.24. The minimum Gasteiger partial charge on any atom is -0.445 e. The van der Waals surface area contributed by atoms with E-state index >= 15 is 0 Å². The van der Waals surface area contributed by atoms with Gasteiger partial charge >= 0.3 is 6.09 Å². The molecule has 0 aliphatic heterocycles. The number of hydrogen-bond donors (Lipinski definition) is 2. The maximum absolute atomic E-state index is 10.9. The highest BCUT2D eigenvalue weighted by Crippen LogP contribution is 2.01.